The Morgan fingerprint density at radius 2 is 1.68 bits per heavy atom. The second kappa shape index (κ2) is 7.16. The van der Waals surface area contributed by atoms with Gasteiger partial charge in [0.1, 0.15) is 0 Å². The summed E-state index contributed by atoms with van der Waals surface area (Å²) in [7, 11) is 0. The highest BCUT2D eigenvalue weighted by atomic mass is 32.1. The van der Waals surface area contributed by atoms with Crippen LogP contribution in [0.5, 0.6) is 0 Å². The van der Waals surface area contributed by atoms with E-state index in [4.69, 9.17) is 12.2 Å². The van der Waals surface area contributed by atoms with Crippen LogP contribution in [0.1, 0.15) is 49.4 Å². The lowest BCUT2D eigenvalue weighted by atomic mass is 9.73. The molecule has 138 valence electrons. The predicted molar refractivity (Wildman–Crippen MR) is 89.6 cm³/mol. The number of rotatable bonds is 4. The molecule has 0 amide bonds. The first-order chi connectivity index (χ1) is 11.1. The van der Waals surface area contributed by atoms with E-state index in [-0.39, 0.29) is 18.4 Å². The zero-order chi connectivity index (χ0) is 19.8. The lowest BCUT2D eigenvalue weighted by Gasteiger charge is -2.30. The van der Waals surface area contributed by atoms with E-state index < -0.39 is 44.2 Å². The maximum atomic E-state index is 13.5. The Morgan fingerprint density at radius 3 is 2.00 bits per heavy atom. The molecule has 0 aromatic heterocycles. The zero-order valence-electron chi connectivity index (χ0n) is 13.5. The number of thiocarbonyl (C=S) groups is 1. The average Bonchev–Trinajstić information content (AvgIpc) is 2.43. The summed E-state index contributed by atoms with van der Waals surface area (Å²) in [5, 5.41) is 9.51. The second-order valence-electron chi connectivity index (χ2n) is 6.29. The molecule has 0 aliphatic heterocycles. The molecule has 0 N–H and O–H groups in total. The minimum absolute atomic E-state index is 0.0152. The number of thiol groups is 1. The summed E-state index contributed by atoms with van der Waals surface area (Å²) in [6.45, 7) is 4.66. The van der Waals surface area contributed by atoms with Gasteiger partial charge in [-0.05, 0) is 37.0 Å². The number of halogens is 6. The summed E-state index contributed by atoms with van der Waals surface area (Å²) in [5.74, 6) is -0.172. The smallest absolute Gasteiger partial charge is 0.197 e. The topological polar surface area (TPSA) is 23.8 Å². The van der Waals surface area contributed by atoms with Crippen LogP contribution in [0, 0.1) is 17.2 Å². The monoisotopic (exact) mass is 399 g/mol. The van der Waals surface area contributed by atoms with Crippen LogP contribution in [0.4, 0.5) is 26.3 Å². The van der Waals surface area contributed by atoms with Gasteiger partial charge < -0.3 is 0 Å². The Kier molecular flexibility index (Phi) is 6.23. The quantitative estimate of drug-likeness (QED) is 0.373. The molecule has 0 saturated carbocycles. The highest BCUT2D eigenvalue weighted by molar-refractivity contribution is 8.11. The molecule has 0 saturated heterocycles. The van der Waals surface area contributed by atoms with E-state index in [1.54, 1.807) is 13.8 Å². The molecule has 1 atom stereocenters. The summed E-state index contributed by atoms with van der Waals surface area (Å²) in [5.41, 5.74) is -5.74. The van der Waals surface area contributed by atoms with Crippen LogP contribution in [0.25, 0.3) is 0 Å². The number of nitriles is 1. The van der Waals surface area contributed by atoms with Crippen molar-refractivity contribution < 1.29 is 26.3 Å². The number of nitrogens with zero attached hydrogens (tertiary/aromatic N) is 1. The van der Waals surface area contributed by atoms with Crippen molar-refractivity contribution in [3.8, 4) is 6.07 Å². The van der Waals surface area contributed by atoms with E-state index >= 15 is 0 Å². The van der Waals surface area contributed by atoms with Crippen LogP contribution in [0.2, 0.25) is 0 Å². The minimum Gasteiger partial charge on any atom is -0.197 e. The lowest BCUT2D eigenvalue weighted by molar-refractivity contribution is -0.143. The van der Waals surface area contributed by atoms with Gasteiger partial charge in [-0.1, -0.05) is 26.1 Å². The fourth-order valence-electron chi connectivity index (χ4n) is 2.81. The van der Waals surface area contributed by atoms with Gasteiger partial charge in [0.2, 0.25) is 0 Å². The van der Waals surface area contributed by atoms with Crippen LogP contribution in [0.15, 0.2) is 12.1 Å². The van der Waals surface area contributed by atoms with E-state index in [2.05, 4.69) is 12.6 Å². The van der Waals surface area contributed by atoms with Crippen molar-refractivity contribution in [2.75, 3.05) is 0 Å². The van der Waals surface area contributed by atoms with Crippen molar-refractivity contribution in [2.24, 2.45) is 5.92 Å². The zero-order valence-corrected chi connectivity index (χ0v) is 15.2. The Bertz CT molecular complexity index is 715. The Morgan fingerprint density at radius 1 is 1.16 bits per heavy atom. The van der Waals surface area contributed by atoms with E-state index in [0.717, 1.165) is 0 Å². The number of hydrogen-bond acceptors (Lipinski definition) is 2. The second-order valence-corrected chi connectivity index (χ2v) is 7.45. The van der Waals surface area contributed by atoms with Crippen molar-refractivity contribution in [2.45, 2.75) is 45.0 Å². The molecule has 0 radical (unpaired) electrons. The molecular weight excluding hydrogens is 384 g/mol. The molecule has 1 aromatic rings. The standard InChI is InChI=1S/C16H15F6NS2/c1-8(2)6-14(3,7-23)12-10(13(24)25)4-9(15(17,18)19)5-11(12)16(20,21)22/h4-5,8H,6H2,1-3H3,(H,24,25). The van der Waals surface area contributed by atoms with Crippen molar-refractivity contribution in [3.63, 3.8) is 0 Å². The van der Waals surface area contributed by atoms with Gasteiger partial charge in [0.25, 0.3) is 0 Å². The first-order valence-corrected chi connectivity index (χ1v) is 7.96. The van der Waals surface area contributed by atoms with Gasteiger partial charge in [-0.25, -0.2) is 0 Å². The van der Waals surface area contributed by atoms with Crippen LogP contribution in [-0.2, 0) is 17.8 Å². The Labute approximate surface area is 152 Å². The summed E-state index contributed by atoms with van der Waals surface area (Å²) >= 11 is 8.56. The van der Waals surface area contributed by atoms with Gasteiger partial charge in [-0.2, -0.15) is 31.6 Å². The molecule has 0 fully saturated rings. The predicted octanol–water partition coefficient (Wildman–Crippen LogP) is 6.16. The normalized spacial score (nSPS) is 15.0. The molecule has 0 aliphatic carbocycles. The molecule has 0 heterocycles. The summed E-state index contributed by atoms with van der Waals surface area (Å²) in [4.78, 5) is 0. The van der Waals surface area contributed by atoms with Crippen molar-refractivity contribution in [3.05, 3.63) is 34.4 Å². The third kappa shape index (κ3) is 4.88. The summed E-state index contributed by atoms with van der Waals surface area (Å²) in [6.07, 6.45) is -10.1. The maximum absolute atomic E-state index is 13.5. The van der Waals surface area contributed by atoms with Crippen LogP contribution >= 0.6 is 24.8 Å². The fourth-order valence-corrected chi connectivity index (χ4v) is 3.15. The fraction of sp³-hybridized carbons (Fsp3) is 0.500. The maximum Gasteiger partial charge on any atom is 0.416 e. The Hall–Kier alpha value is -1.27. The molecular formula is C16H15F6NS2. The minimum atomic E-state index is -5.08. The van der Waals surface area contributed by atoms with E-state index in [1.165, 1.54) is 6.92 Å². The summed E-state index contributed by atoms with van der Waals surface area (Å²) in [6, 6.07) is 2.37. The molecule has 0 aliphatic rings. The van der Waals surface area contributed by atoms with Gasteiger partial charge in [-0.3, -0.25) is 0 Å². The number of benzene rings is 1. The van der Waals surface area contributed by atoms with E-state index in [0.29, 0.717) is 6.07 Å². The van der Waals surface area contributed by atoms with Crippen LogP contribution in [-0.4, -0.2) is 4.20 Å². The Balaban J connectivity index is 3.99. The number of alkyl halides is 6. The van der Waals surface area contributed by atoms with Gasteiger partial charge in [0, 0.05) is 5.56 Å². The van der Waals surface area contributed by atoms with Gasteiger partial charge >= 0.3 is 12.4 Å². The first-order valence-electron chi connectivity index (χ1n) is 7.11. The molecule has 1 aromatic carbocycles. The van der Waals surface area contributed by atoms with Crippen molar-refractivity contribution in [1.82, 2.24) is 0 Å². The SMILES string of the molecule is CC(C)CC(C)(C#N)c1c(C(=S)S)cc(C(F)(F)F)cc1C(F)(F)F. The number of hydrogen-bond donors (Lipinski definition) is 1. The van der Waals surface area contributed by atoms with Crippen molar-refractivity contribution >= 4 is 29.0 Å². The molecule has 0 bridgehead atoms. The van der Waals surface area contributed by atoms with Crippen LogP contribution in [0.3, 0.4) is 0 Å². The van der Waals surface area contributed by atoms with Gasteiger partial charge in [0.05, 0.1) is 26.8 Å². The molecule has 9 heteroatoms. The van der Waals surface area contributed by atoms with E-state index in [9.17, 15) is 31.6 Å². The summed E-state index contributed by atoms with van der Waals surface area (Å²) < 4.78 is 79.2. The highest BCUT2D eigenvalue weighted by Gasteiger charge is 2.44. The van der Waals surface area contributed by atoms with Crippen LogP contribution < -0.4 is 0 Å². The lowest BCUT2D eigenvalue weighted by Crippen LogP contribution is -2.29. The molecule has 1 nitrogen and oxygen atoms in total. The largest absolute Gasteiger partial charge is 0.416 e. The van der Waals surface area contributed by atoms with E-state index in [1.807, 2.05) is 6.07 Å². The third-order valence-electron chi connectivity index (χ3n) is 3.62. The van der Waals surface area contributed by atoms with Crippen molar-refractivity contribution in [1.29, 1.82) is 5.26 Å². The third-order valence-corrected chi connectivity index (χ3v) is 4.08. The first kappa shape index (κ1) is 21.8. The molecule has 25 heavy (non-hydrogen) atoms. The highest BCUT2D eigenvalue weighted by Crippen LogP contribution is 2.45. The molecule has 0 spiro atoms. The van der Waals surface area contributed by atoms with Gasteiger partial charge in [-0.15, -0.1) is 12.6 Å². The van der Waals surface area contributed by atoms with Gasteiger partial charge in [0.15, 0.2) is 0 Å². The molecule has 1 unspecified atom stereocenters. The average molecular weight is 399 g/mol. The molecule has 1 rings (SSSR count).